The molecule has 0 radical (unpaired) electrons. The van der Waals surface area contributed by atoms with Crippen LogP contribution < -0.4 is 10.6 Å². The van der Waals surface area contributed by atoms with E-state index in [1.165, 1.54) is 0 Å². The lowest BCUT2D eigenvalue weighted by molar-refractivity contribution is -0.117. The molecule has 0 spiro atoms. The zero-order valence-corrected chi connectivity index (χ0v) is 10.2. The number of amides is 3. The van der Waals surface area contributed by atoms with Crippen LogP contribution in [0.4, 0.5) is 4.79 Å². The maximum atomic E-state index is 11.3. The van der Waals surface area contributed by atoms with Gasteiger partial charge in [-0.2, -0.15) is 0 Å². The Hall–Kier alpha value is -0.770. The lowest BCUT2D eigenvalue weighted by Crippen LogP contribution is -2.46. The van der Waals surface area contributed by atoms with Crippen LogP contribution in [0.5, 0.6) is 0 Å². The zero-order valence-electron chi connectivity index (χ0n) is 9.47. The van der Waals surface area contributed by atoms with E-state index in [9.17, 15) is 9.59 Å². The number of hydrogen-bond donors (Lipinski definition) is 2. The summed E-state index contributed by atoms with van der Waals surface area (Å²) in [6, 6.07) is -0.414. The number of rotatable bonds is 5. The fourth-order valence-electron chi connectivity index (χ4n) is 1.52. The van der Waals surface area contributed by atoms with Crippen LogP contribution in [0.3, 0.4) is 0 Å². The van der Waals surface area contributed by atoms with E-state index in [0.29, 0.717) is 5.92 Å². The first kappa shape index (κ1) is 14.2. The highest BCUT2D eigenvalue weighted by Gasteiger charge is 2.16. The van der Waals surface area contributed by atoms with Gasteiger partial charge in [0.15, 0.2) is 0 Å². The van der Waals surface area contributed by atoms with Crippen LogP contribution in [0.2, 0.25) is 0 Å². The van der Waals surface area contributed by atoms with Crippen LogP contribution >= 0.6 is 11.6 Å². The van der Waals surface area contributed by atoms with Crippen molar-refractivity contribution in [2.24, 2.45) is 5.92 Å². The van der Waals surface area contributed by atoms with Gasteiger partial charge in [-0.1, -0.05) is 26.7 Å². The van der Waals surface area contributed by atoms with Crippen molar-refractivity contribution in [3.8, 4) is 0 Å². The highest BCUT2D eigenvalue weighted by atomic mass is 35.5. The average molecular weight is 235 g/mol. The normalized spacial score (nSPS) is 12.3. The first-order valence-corrected chi connectivity index (χ1v) is 5.74. The third-order valence-corrected chi connectivity index (χ3v) is 2.73. The summed E-state index contributed by atoms with van der Waals surface area (Å²) in [6.07, 6.45) is 2.00. The number of hydrogen-bond acceptors (Lipinski definition) is 2. The monoisotopic (exact) mass is 234 g/mol. The minimum absolute atomic E-state index is 0.0584. The molecule has 5 heteroatoms. The molecule has 1 atom stereocenters. The second-order valence-corrected chi connectivity index (χ2v) is 3.79. The summed E-state index contributed by atoms with van der Waals surface area (Å²) in [5.41, 5.74) is 0. The Balaban J connectivity index is 4.00. The van der Waals surface area contributed by atoms with Crippen molar-refractivity contribution in [3.05, 3.63) is 0 Å². The molecule has 0 heterocycles. The molecule has 0 aromatic carbocycles. The van der Waals surface area contributed by atoms with E-state index in [-0.39, 0.29) is 11.9 Å². The van der Waals surface area contributed by atoms with Gasteiger partial charge in [-0.3, -0.25) is 10.1 Å². The van der Waals surface area contributed by atoms with Crippen LogP contribution in [0.15, 0.2) is 0 Å². The smallest absolute Gasteiger partial charge is 0.321 e. The minimum Gasteiger partial charge on any atom is -0.335 e. The van der Waals surface area contributed by atoms with E-state index < -0.39 is 11.9 Å². The Bertz CT molecular complexity index is 217. The van der Waals surface area contributed by atoms with Crippen molar-refractivity contribution in [2.45, 2.75) is 39.7 Å². The van der Waals surface area contributed by atoms with Crippen LogP contribution in [0.1, 0.15) is 33.6 Å². The summed E-state index contributed by atoms with van der Waals surface area (Å²) in [6.45, 7) is 6.09. The average Bonchev–Trinajstić information content (AvgIpc) is 2.19. The highest BCUT2D eigenvalue weighted by Crippen LogP contribution is 2.12. The van der Waals surface area contributed by atoms with Crippen molar-refractivity contribution >= 4 is 23.5 Å². The molecule has 2 N–H and O–H groups in total. The Labute approximate surface area is 95.7 Å². The number of alkyl halides is 1. The van der Waals surface area contributed by atoms with Gasteiger partial charge in [0.2, 0.25) is 5.91 Å². The molecular formula is C10H19ClN2O2. The first-order chi connectivity index (χ1) is 7.04. The molecule has 0 aromatic rings. The summed E-state index contributed by atoms with van der Waals surface area (Å²) in [7, 11) is 0. The van der Waals surface area contributed by atoms with Gasteiger partial charge in [0.25, 0.3) is 0 Å². The zero-order chi connectivity index (χ0) is 11.8. The molecule has 15 heavy (non-hydrogen) atoms. The van der Waals surface area contributed by atoms with Crippen molar-refractivity contribution < 1.29 is 9.59 Å². The van der Waals surface area contributed by atoms with E-state index in [0.717, 1.165) is 12.8 Å². The number of carbonyl (C=O) groups excluding carboxylic acids is 2. The van der Waals surface area contributed by atoms with Gasteiger partial charge in [0.1, 0.15) is 5.88 Å². The molecule has 4 nitrogen and oxygen atoms in total. The van der Waals surface area contributed by atoms with Gasteiger partial charge in [-0.05, 0) is 12.8 Å². The number of imide groups is 1. The standard InChI is InChI=1S/C10H19ClN2O2/c1-4-8(5-2)7(3)12-10(15)13-9(14)6-11/h7-8H,4-6H2,1-3H3,(H2,12,13,14,15). The van der Waals surface area contributed by atoms with Crippen LogP contribution in [0, 0.1) is 5.92 Å². The largest absolute Gasteiger partial charge is 0.335 e. The van der Waals surface area contributed by atoms with Gasteiger partial charge in [0.05, 0.1) is 0 Å². The maximum Gasteiger partial charge on any atom is 0.321 e. The number of halogens is 1. The van der Waals surface area contributed by atoms with Crippen molar-refractivity contribution in [1.82, 2.24) is 10.6 Å². The van der Waals surface area contributed by atoms with E-state index in [1.807, 2.05) is 6.92 Å². The molecule has 0 fully saturated rings. The van der Waals surface area contributed by atoms with E-state index in [2.05, 4.69) is 24.5 Å². The summed E-state index contributed by atoms with van der Waals surface area (Å²) in [4.78, 5) is 22.1. The van der Waals surface area contributed by atoms with E-state index >= 15 is 0 Å². The lowest BCUT2D eigenvalue weighted by Gasteiger charge is -2.22. The molecule has 0 aliphatic carbocycles. The quantitative estimate of drug-likeness (QED) is 0.714. The van der Waals surface area contributed by atoms with Crippen molar-refractivity contribution in [3.63, 3.8) is 0 Å². The van der Waals surface area contributed by atoms with Gasteiger partial charge in [-0.15, -0.1) is 11.6 Å². The SMILES string of the molecule is CCC(CC)C(C)NC(=O)NC(=O)CCl. The molecule has 0 saturated heterocycles. The fraction of sp³-hybridized carbons (Fsp3) is 0.800. The Kier molecular flexibility index (Phi) is 7.13. The third-order valence-electron chi connectivity index (χ3n) is 2.49. The molecule has 0 rings (SSSR count). The highest BCUT2D eigenvalue weighted by molar-refractivity contribution is 6.28. The predicted octanol–water partition coefficient (Wildman–Crippen LogP) is 1.88. The third kappa shape index (κ3) is 5.62. The van der Waals surface area contributed by atoms with Crippen LogP contribution in [-0.2, 0) is 4.79 Å². The topological polar surface area (TPSA) is 58.2 Å². The molecule has 0 aliphatic heterocycles. The summed E-state index contributed by atoms with van der Waals surface area (Å²) in [5.74, 6) is -0.250. The molecule has 88 valence electrons. The molecule has 3 amide bonds. The van der Waals surface area contributed by atoms with E-state index in [1.54, 1.807) is 0 Å². The molecular weight excluding hydrogens is 216 g/mol. The number of nitrogens with one attached hydrogen (secondary N) is 2. The lowest BCUT2D eigenvalue weighted by atomic mass is 9.96. The van der Waals surface area contributed by atoms with Gasteiger partial charge in [-0.25, -0.2) is 4.79 Å². The van der Waals surface area contributed by atoms with Crippen LogP contribution in [-0.4, -0.2) is 23.9 Å². The van der Waals surface area contributed by atoms with Crippen molar-refractivity contribution in [1.29, 1.82) is 0 Å². The van der Waals surface area contributed by atoms with Gasteiger partial charge >= 0.3 is 6.03 Å². The summed E-state index contributed by atoms with van der Waals surface area (Å²) >= 11 is 5.26. The molecule has 0 saturated carbocycles. The van der Waals surface area contributed by atoms with Gasteiger partial charge < -0.3 is 5.32 Å². The van der Waals surface area contributed by atoms with Crippen molar-refractivity contribution in [2.75, 3.05) is 5.88 Å². The second-order valence-electron chi connectivity index (χ2n) is 3.52. The molecule has 0 aromatic heterocycles. The molecule has 0 bridgehead atoms. The maximum absolute atomic E-state index is 11.3. The van der Waals surface area contributed by atoms with Gasteiger partial charge in [0, 0.05) is 6.04 Å². The minimum atomic E-state index is -0.481. The summed E-state index contributed by atoms with van der Waals surface area (Å²) in [5, 5.41) is 4.86. The Morgan fingerprint density at radius 1 is 1.27 bits per heavy atom. The fourth-order valence-corrected chi connectivity index (χ4v) is 1.58. The summed E-state index contributed by atoms with van der Waals surface area (Å²) < 4.78 is 0. The predicted molar refractivity (Wildman–Crippen MR) is 60.9 cm³/mol. The molecule has 0 aliphatic rings. The number of carbonyl (C=O) groups is 2. The van der Waals surface area contributed by atoms with E-state index in [4.69, 9.17) is 11.6 Å². The second kappa shape index (κ2) is 7.51. The van der Waals surface area contributed by atoms with Crippen LogP contribution in [0.25, 0.3) is 0 Å². The Morgan fingerprint density at radius 3 is 2.20 bits per heavy atom. The first-order valence-electron chi connectivity index (χ1n) is 5.21. The molecule has 1 unspecified atom stereocenters. The Morgan fingerprint density at radius 2 is 1.80 bits per heavy atom. The number of urea groups is 1.